The monoisotopic (exact) mass is 554 g/mol. The lowest BCUT2D eigenvalue weighted by atomic mass is 10.2. The molecule has 6 rings (SSSR count). The van der Waals surface area contributed by atoms with Crippen molar-refractivity contribution in [1.82, 2.24) is 24.6 Å². The largest absolute Gasteiger partial charge is 0.366 e. The summed E-state index contributed by atoms with van der Waals surface area (Å²) >= 11 is 1.58. The lowest BCUT2D eigenvalue weighted by molar-refractivity contribution is -0.131. The Hall–Kier alpha value is -3.98. The maximum Gasteiger partial charge on any atom is 0.222 e. The first-order valence-corrected chi connectivity index (χ1v) is 14.7. The number of carbonyl (C=O) groups excluding carboxylic acids is 1. The number of anilines is 1. The average Bonchev–Trinajstić information content (AvgIpc) is 3.30. The molecule has 40 heavy (non-hydrogen) atoms. The van der Waals surface area contributed by atoms with Crippen molar-refractivity contribution in [2.45, 2.75) is 31.0 Å². The Morgan fingerprint density at radius 3 is 2.42 bits per heavy atom. The van der Waals surface area contributed by atoms with Gasteiger partial charge >= 0.3 is 0 Å². The number of hydrogen-bond donors (Lipinski definition) is 0. The summed E-state index contributed by atoms with van der Waals surface area (Å²) in [5.41, 5.74) is 4.57. The van der Waals surface area contributed by atoms with Crippen LogP contribution in [0.5, 0.6) is 0 Å². The van der Waals surface area contributed by atoms with Crippen LogP contribution in [0.2, 0.25) is 0 Å². The molecule has 9 heteroatoms. The van der Waals surface area contributed by atoms with Crippen molar-refractivity contribution < 1.29 is 9.18 Å². The van der Waals surface area contributed by atoms with Crippen molar-refractivity contribution in [2.24, 2.45) is 0 Å². The van der Waals surface area contributed by atoms with E-state index in [4.69, 9.17) is 4.98 Å². The van der Waals surface area contributed by atoms with Crippen LogP contribution in [-0.2, 0) is 11.3 Å². The molecule has 0 saturated carbocycles. The molecule has 0 bridgehead atoms. The lowest BCUT2D eigenvalue weighted by Gasteiger charge is -2.36. The standard InChI is InChI=1S/C31H31FN6OS/c32-25-13-5-7-15-27(25)36-17-19-37(20-18-36)28(39)16-8-9-21-40-31-33-30-29(34-35-31)24-12-4-6-14-26(24)38(30)22-23-10-2-1-3-11-23/h1-7,10-15H,8-9,16-22H2. The van der Waals surface area contributed by atoms with Gasteiger partial charge in [-0.1, -0.05) is 72.4 Å². The van der Waals surface area contributed by atoms with Crippen LogP contribution in [0, 0.1) is 5.82 Å². The zero-order chi connectivity index (χ0) is 27.3. The number of nitrogens with zero attached hydrogens (tertiary/aromatic N) is 6. The molecule has 3 aromatic carbocycles. The molecule has 7 nitrogen and oxygen atoms in total. The Kier molecular flexibility index (Phi) is 7.90. The molecule has 1 fully saturated rings. The van der Waals surface area contributed by atoms with E-state index >= 15 is 0 Å². The van der Waals surface area contributed by atoms with Crippen LogP contribution in [0.3, 0.4) is 0 Å². The molecule has 3 heterocycles. The molecule has 5 aromatic rings. The topological polar surface area (TPSA) is 67.2 Å². The molecule has 204 valence electrons. The van der Waals surface area contributed by atoms with Gasteiger partial charge in [0, 0.05) is 50.3 Å². The van der Waals surface area contributed by atoms with Gasteiger partial charge in [0.1, 0.15) is 11.3 Å². The molecule has 1 aliphatic rings. The summed E-state index contributed by atoms with van der Waals surface area (Å²) < 4.78 is 16.3. The Labute approximate surface area is 237 Å². The minimum absolute atomic E-state index is 0.169. The lowest BCUT2D eigenvalue weighted by Crippen LogP contribution is -2.49. The number of piperazine rings is 1. The Bertz CT molecular complexity index is 1620. The average molecular weight is 555 g/mol. The van der Waals surface area contributed by atoms with Crippen molar-refractivity contribution in [1.29, 1.82) is 0 Å². The molecule has 0 atom stereocenters. The van der Waals surface area contributed by atoms with Gasteiger partial charge in [0.05, 0.1) is 11.2 Å². The summed E-state index contributed by atoms with van der Waals surface area (Å²) in [6.07, 6.45) is 2.22. The third kappa shape index (κ3) is 5.65. The number of thioether (sulfide) groups is 1. The van der Waals surface area contributed by atoms with Crippen molar-refractivity contribution >= 4 is 45.4 Å². The third-order valence-electron chi connectivity index (χ3n) is 7.38. The van der Waals surface area contributed by atoms with Crippen LogP contribution in [0.1, 0.15) is 24.8 Å². The number of aromatic nitrogens is 4. The molecule has 0 N–H and O–H groups in total. The van der Waals surface area contributed by atoms with Gasteiger partial charge < -0.3 is 14.4 Å². The highest BCUT2D eigenvalue weighted by atomic mass is 32.2. The van der Waals surface area contributed by atoms with Gasteiger partial charge in [0.2, 0.25) is 11.1 Å². The van der Waals surface area contributed by atoms with E-state index in [0.29, 0.717) is 50.0 Å². The number of halogens is 1. The fourth-order valence-electron chi connectivity index (χ4n) is 5.28. The third-order valence-corrected chi connectivity index (χ3v) is 8.30. The van der Waals surface area contributed by atoms with Crippen LogP contribution in [0.25, 0.3) is 22.1 Å². The first-order chi connectivity index (χ1) is 19.7. The normalized spacial score (nSPS) is 13.8. The molecule has 0 aliphatic carbocycles. The van der Waals surface area contributed by atoms with Gasteiger partial charge in [-0.15, -0.1) is 10.2 Å². The van der Waals surface area contributed by atoms with E-state index in [-0.39, 0.29) is 11.7 Å². The molecule has 1 amide bonds. The van der Waals surface area contributed by atoms with Crippen LogP contribution in [-0.4, -0.2) is 62.5 Å². The van der Waals surface area contributed by atoms with Crippen LogP contribution < -0.4 is 4.90 Å². The van der Waals surface area contributed by atoms with Crippen molar-refractivity contribution in [3.8, 4) is 0 Å². The Morgan fingerprint density at radius 2 is 1.60 bits per heavy atom. The fraction of sp³-hybridized carbons (Fsp3) is 0.290. The summed E-state index contributed by atoms with van der Waals surface area (Å²) in [6.45, 7) is 3.26. The molecular formula is C31H31FN6OS. The van der Waals surface area contributed by atoms with Crippen molar-refractivity contribution in [2.75, 3.05) is 36.8 Å². The minimum Gasteiger partial charge on any atom is -0.366 e. The molecule has 0 radical (unpaired) electrons. The second-order valence-corrected chi connectivity index (χ2v) is 11.0. The SMILES string of the molecule is O=C(CCCCSc1nnc2c3ccccc3n(Cc3ccccc3)c2n1)N1CCN(c2ccccc2F)CC1. The first-order valence-electron chi connectivity index (χ1n) is 13.7. The van der Waals surface area contributed by atoms with Crippen molar-refractivity contribution in [3.05, 3.63) is 90.2 Å². The molecule has 1 saturated heterocycles. The van der Waals surface area contributed by atoms with E-state index in [1.54, 1.807) is 23.9 Å². The molecule has 0 spiro atoms. The highest BCUT2D eigenvalue weighted by molar-refractivity contribution is 7.99. The van der Waals surface area contributed by atoms with Crippen LogP contribution in [0.15, 0.2) is 84.0 Å². The zero-order valence-electron chi connectivity index (χ0n) is 22.2. The fourth-order valence-corrected chi connectivity index (χ4v) is 6.06. The van der Waals surface area contributed by atoms with Crippen molar-refractivity contribution in [3.63, 3.8) is 0 Å². The Morgan fingerprint density at radius 1 is 0.850 bits per heavy atom. The maximum absolute atomic E-state index is 14.1. The minimum atomic E-state index is -0.212. The molecule has 2 aromatic heterocycles. The summed E-state index contributed by atoms with van der Waals surface area (Å²) in [7, 11) is 0. The van der Waals surface area contributed by atoms with Gasteiger partial charge in [-0.05, 0) is 36.6 Å². The summed E-state index contributed by atoms with van der Waals surface area (Å²) in [4.78, 5) is 21.6. The molecule has 0 unspecified atom stereocenters. The van der Waals surface area contributed by atoms with E-state index in [0.717, 1.165) is 40.7 Å². The number of para-hydroxylation sites is 2. The van der Waals surface area contributed by atoms with E-state index in [1.807, 2.05) is 46.2 Å². The van der Waals surface area contributed by atoms with E-state index in [2.05, 4.69) is 39.0 Å². The quantitative estimate of drug-likeness (QED) is 0.170. The number of amides is 1. The van der Waals surface area contributed by atoms with Gasteiger partial charge in [0.25, 0.3) is 0 Å². The van der Waals surface area contributed by atoms with Gasteiger partial charge in [-0.2, -0.15) is 0 Å². The smallest absolute Gasteiger partial charge is 0.222 e. The summed E-state index contributed by atoms with van der Waals surface area (Å²) in [5, 5.41) is 10.7. The predicted octanol–water partition coefficient (Wildman–Crippen LogP) is 5.78. The van der Waals surface area contributed by atoms with E-state index in [1.165, 1.54) is 11.6 Å². The number of hydrogen-bond acceptors (Lipinski definition) is 6. The number of rotatable bonds is 9. The van der Waals surface area contributed by atoms with Gasteiger partial charge in [-0.25, -0.2) is 9.37 Å². The molecule has 1 aliphatic heterocycles. The van der Waals surface area contributed by atoms with Crippen LogP contribution >= 0.6 is 11.8 Å². The van der Waals surface area contributed by atoms with Gasteiger partial charge in [0.15, 0.2) is 5.65 Å². The summed E-state index contributed by atoms with van der Waals surface area (Å²) in [5.74, 6) is 0.777. The number of fused-ring (bicyclic) bond motifs is 3. The highest BCUT2D eigenvalue weighted by Gasteiger charge is 2.22. The Balaban J connectivity index is 1.02. The number of carbonyl (C=O) groups is 1. The number of unbranched alkanes of at least 4 members (excludes halogenated alkanes) is 1. The summed E-state index contributed by atoms with van der Waals surface area (Å²) in [6, 6.07) is 25.4. The zero-order valence-corrected chi connectivity index (χ0v) is 23.1. The van der Waals surface area contributed by atoms with E-state index in [9.17, 15) is 9.18 Å². The predicted molar refractivity (Wildman–Crippen MR) is 158 cm³/mol. The second kappa shape index (κ2) is 12.0. The maximum atomic E-state index is 14.1. The van der Waals surface area contributed by atoms with E-state index < -0.39 is 0 Å². The highest BCUT2D eigenvalue weighted by Crippen LogP contribution is 2.28. The number of benzene rings is 3. The van der Waals surface area contributed by atoms with Gasteiger partial charge in [-0.3, -0.25) is 4.79 Å². The first kappa shape index (κ1) is 26.3. The second-order valence-electron chi connectivity index (χ2n) is 9.98. The van der Waals surface area contributed by atoms with Crippen LogP contribution in [0.4, 0.5) is 10.1 Å². The molecular weight excluding hydrogens is 523 g/mol.